The van der Waals surface area contributed by atoms with E-state index in [2.05, 4.69) is 28.8 Å². The maximum absolute atomic E-state index is 11.9. The van der Waals surface area contributed by atoms with Crippen molar-refractivity contribution in [2.24, 2.45) is 0 Å². The number of piperidine rings is 1. The van der Waals surface area contributed by atoms with E-state index in [4.69, 9.17) is 4.74 Å². The van der Waals surface area contributed by atoms with Crippen LogP contribution in [0.1, 0.15) is 51.2 Å². The molecular weight excluding hydrogens is 276 g/mol. The molecule has 4 nitrogen and oxygen atoms in total. The summed E-state index contributed by atoms with van der Waals surface area (Å²) in [5.74, 6) is 0. The summed E-state index contributed by atoms with van der Waals surface area (Å²) < 4.78 is 5.32. The summed E-state index contributed by atoms with van der Waals surface area (Å²) in [7, 11) is 0. The SMILES string of the molecule is Cc1ccc(CC2CCCCN2)cc1NC(=O)OC(C)(C)C. The lowest BCUT2D eigenvalue weighted by Crippen LogP contribution is -2.35. The van der Waals surface area contributed by atoms with Gasteiger partial charge in [0.2, 0.25) is 0 Å². The monoisotopic (exact) mass is 304 g/mol. The maximum Gasteiger partial charge on any atom is 0.412 e. The minimum absolute atomic E-state index is 0.399. The van der Waals surface area contributed by atoms with Crippen molar-refractivity contribution < 1.29 is 9.53 Å². The highest BCUT2D eigenvalue weighted by Gasteiger charge is 2.17. The normalized spacial score (nSPS) is 18.8. The molecule has 1 saturated heterocycles. The molecule has 22 heavy (non-hydrogen) atoms. The number of amides is 1. The number of benzene rings is 1. The standard InChI is InChI=1S/C18H28N2O2/c1-13-8-9-14(11-15-7-5-6-10-19-15)12-16(13)20-17(21)22-18(2,3)4/h8-9,12,15,19H,5-7,10-11H2,1-4H3,(H,20,21). The van der Waals surface area contributed by atoms with E-state index >= 15 is 0 Å². The Bertz CT molecular complexity index is 514. The molecule has 4 heteroatoms. The smallest absolute Gasteiger partial charge is 0.412 e. The average Bonchev–Trinajstić information content (AvgIpc) is 2.41. The van der Waals surface area contributed by atoms with Gasteiger partial charge in [0.1, 0.15) is 5.60 Å². The van der Waals surface area contributed by atoms with Crippen LogP contribution in [0.3, 0.4) is 0 Å². The van der Waals surface area contributed by atoms with Crippen LogP contribution in [0.4, 0.5) is 10.5 Å². The third kappa shape index (κ3) is 5.34. The average molecular weight is 304 g/mol. The summed E-state index contributed by atoms with van der Waals surface area (Å²) in [6, 6.07) is 6.82. The second-order valence-electron chi connectivity index (χ2n) is 7.13. The lowest BCUT2D eigenvalue weighted by Gasteiger charge is -2.24. The zero-order valence-electron chi connectivity index (χ0n) is 14.2. The zero-order valence-corrected chi connectivity index (χ0v) is 14.2. The molecule has 1 unspecified atom stereocenters. The molecule has 1 amide bonds. The number of aryl methyl sites for hydroxylation is 1. The van der Waals surface area contributed by atoms with Gasteiger partial charge in [-0.05, 0) is 70.7 Å². The molecule has 1 fully saturated rings. The molecule has 1 aliphatic rings. The van der Waals surface area contributed by atoms with Crippen LogP contribution in [0.2, 0.25) is 0 Å². The number of carbonyl (C=O) groups excluding carboxylic acids is 1. The molecule has 0 aromatic heterocycles. The summed E-state index contributed by atoms with van der Waals surface area (Å²) in [6.07, 6.45) is 4.40. The van der Waals surface area contributed by atoms with Crippen LogP contribution < -0.4 is 10.6 Å². The quantitative estimate of drug-likeness (QED) is 0.886. The third-order valence-electron chi connectivity index (χ3n) is 3.83. The summed E-state index contributed by atoms with van der Waals surface area (Å²) >= 11 is 0. The predicted molar refractivity (Wildman–Crippen MR) is 90.4 cm³/mol. The molecule has 1 atom stereocenters. The van der Waals surface area contributed by atoms with E-state index in [1.807, 2.05) is 27.7 Å². The molecule has 122 valence electrons. The Morgan fingerprint density at radius 2 is 2.14 bits per heavy atom. The molecule has 0 aliphatic carbocycles. The highest BCUT2D eigenvalue weighted by molar-refractivity contribution is 5.86. The molecular formula is C18H28N2O2. The van der Waals surface area contributed by atoms with Crippen LogP contribution in [0.15, 0.2) is 18.2 Å². The van der Waals surface area contributed by atoms with Gasteiger partial charge < -0.3 is 10.1 Å². The minimum Gasteiger partial charge on any atom is -0.444 e. The van der Waals surface area contributed by atoms with Gasteiger partial charge in [0.05, 0.1) is 0 Å². The van der Waals surface area contributed by atoms with Crippen LogP contribution in [-0.2, 0) is 11.2 Å². The van der Waals surface area contributed by atoms with Crippen LogP contribution in [0, 0.1) is 6.92 Å². The first-order valence-electron chi connectivity index (χ1n) is 8.16. The third-order valence-corrected chi connectivity index (χ3v) is 3.83. The summed E-state index contributed by atoms with van der Waals surface area (Å²) in [5.41, 5.74) is 2.64. The number of rotatable bonds is 3. The Labute approximate surface area is 133 Å². The van der Waals surface area contributed by atoms with Gasteiger partial charge >= 0.3 is 6.09 Å². The van der Waals surface area contributed by atoms with Gasteiger partial charge in [0, 0.05) is 11.7 Å². The first-order valence-corrected chi connectivity index (χ1v) is 8.16. The van der Waals surface area contributed by atoms with Gasteiger partial charge in [0.25, 0.3) is 0 Å². The van der Waals surface area contributed by atoms with Crippen LogP contribution in [0.25, 0.3) is 0 Å². The molecule has 0 saturated carbocycles. The molecule has 1 aromatic rings. The van der Waals surface area contributed by atoms with Gasteiger partial charge in [-0.1, -0.05) is 18.6 Å². The summed E-state index contributed by atoms with van der Waals surface area (Å²) in [5, 5.41) is 6.42. The molecule has 0 radical (unpaired) electrons. The van der Waals surface area contributed by atoms with Crippen molar-refractivity contribution in [1.82, 2.24) is 5.32 Å². The highest BCUT2D eigenvalue weighted by atomic mass is 16.6. The highest BCUT2D eigenvalue weighted by Crippen LogP contribution is 2.21. The maximum atomic E-state index is 11.9. The minimum atomic E-state index is -0.485. The summed E-state index contributed by atoms with van der Waals surface area (Å²) in [6.45, 7) is 8.70. The van der Waals surface area contributed by atoms with Crippen molar-refractivity contribution in [2.75, 3.05) is 11.9 Å². The fourth-order valence-corrected chi connectivity index (χ4v) is 2.73. The Hall–Kier alpha value is -1.55. The van der Waals surface area contributed by atoms with Crippen molar-refractivity contribution in [3.05, 3.63) is 29.3 Å². The van der Waals surface area contributed by atoms with Gasteiger partial charge in [0.15, 0.2) is 0 Å². The van der Waals surface area contributed by atoms with Crippen LogP contribution in [0.5, 0.6) is 0 Å². The number of nitrogens with one attached hydrogen (secondary N) is 2. The Balaban J connectivity index is 2.01. The second-order valence-corrected chi connectivity index (χ2v) is 7.13. The molecule has 1 aromatic carbocycles. The van der Waals surface area contributed by atoms with Gasteiger partial charge in [-0.25, -0.2) is 4.79 Å². The van der Waals surface area contributed by atoms with E-state index < -0.39 is 11.7 Å². The number of carbonyl (C=O) groups is 1. The molecule has 1 aliphatic heterocycles. The molecule has 2 rings (SSSR count). The Morgan fingerprint density at radius 1 is 1.36 bits per heavy atom. The van der Waals surface area contributed by atoms with Crippen LogP contribution in [-0.4, -0.2) is 24.3 Å². The predicted octanol–water partition coefficient (Wildman–Crippen LogP) is 4.03. The van der Waals surface area contributed by atoms with E-state index in [1.165, 1.54) is 24.8 Å². The fourth-order valence-electron chi connectivity index (χ4n) is 2.73. The van der Waals surface area contributed by atoms with E-state index in [0.717, 1.165) is 24.2 Å². The lowest BCUT2D eigenvalue weighted by atomic mass is 9.97. The molecule has 1 heterocycles. The molecule has 2 N–H and O–H groups in total. The lowest BCUT2D eigenvalue weighted by molar-refractivity contribution is 0.0636. The molecule has 0 spiro atoms. The molecule has 0 bridgehead atoms. The van der Waals surface area contributed by atoms with Crippen molar-refractivity contribution in [1.29, 1.82) is 0 Å². The van der Waals surface area contributed by atoms with Crippen LogP contribution >= 0.6 is 0 Å². The largest absolute Gasteiger partial charge is 0.444 e. The number of anilines is 1. The second kappa shape index (κ2) is 7.14. The summed E-state index contributed by atoms with van der Waals surface area (Å²) in [4.78, 5) is 11.9. The fraction of sp³-hybridized carbons (Fsp3) is 0.611. The van der Waals surface area contributed by atoms with Crippen molar-refractivity contribution in [3.8, 4) is 0 Å². The zero-order chi connectivity index (χ0) is 16.2. The first-order chi connectivity index (χ1) is 10.3. The van der Waals surface area contributed by atoms with Gasteiger partial charge in [-0.3, -0.25) is 5.32 Å². The number of hydrogen-bond donors (Lipinski definition) is 2. The van der Waals surface area contributed by atoms with E-state index in [-0.39, 0.29) is 0 Å². The van der Waals surface area contributed by atoms with E-state index in [0.29, 0.717) is 6.04 Å². The first kappa shape index (κ1) is 16.8. The Kier molecular flexibility index (Phi) is 5.46. The number of hydrogen-bond acceptors (Lipinski definition) is 3. The van der Waals surface area contributed by atoms with Crippen molar-refractivity contribution in [3.63, 3.8) is 0 Å². The van der Waals surface area contributed by atoms with Gasteiger partial charge in [-0.15, -0.1) is 0 Å². The van der Waals surface area contributed by atoms with Crippen molar-refractivity contribution in [2.45, 2.75) is 65.0 Å². The van der Waals surface area contributed by atoms with Crippen molar-refractivity contribution >= 4 is 11.8 Å². The van der Waals surface area contributed by atoms with E-state index in [9.17, 15) is 4.79 Å². The topological polar surface area (TPSA) is 50.4 Å². The Morgan fingerprint density at radius 3 is 2.77 bits per heavy atom. The van der Waals surface area contributed by atoms with Gasteiger partial charge in [-0.2, -0.15) is 0 Å². The van der Waals surface area contributed by atoms with E-state index in [1.54, 1.807) is 0 Å². The number of ether oxygens (including phenoxy) is 1.